The summed E-state index contributed by atoms with van der Waals surface area (Å²) >= 11 is 0. The van der Waals surface area contributed by atoms with Gasteiger partial charge in [-0.15, -0.1) is 0 Å². The Balaban J connectivity index is 2.38. The number of likely N-dealkylation sites (N-methyl/N-ethyl adjacent to an activating group) is 1. The van der Waals surface area contributed by atoms with Gasteiger partial charge in [0.05, 0.1) is 0 Å². The Labute approximate surface area is 194 Å². The van der Waals surface area contributed by atoms with Crippen molar-refractivity contribution in [2.24, 2.45) is 5.92 Å². The summed E-state index contributed by atoms with van der Waals surface area (Å²) in [4.78, 5) is 14.2. The third kappa shape index (κ3) is 7.49. The zero-order valence-corrected chi connectivity index (χ0v) is 20.6. The van der Waals surface area contributed by atoms with Crippen molar-refractivity contribution in [2.75, 3.05) is 32.7 Å². The molecule has 2 N–H and O–H groups in total. The molecule has 178 valence electrons. The molecule has 0 amide bonds. The number of nitrogens with one attached hydrogen (secondary N) is 1. The number of allylic oxidation sites excluding steroid dienone is 3. The van der Waals surface area contributed by atoms with E-state index in [0.29, 0.717) is 0 Å². The van der Waals surface area contributed by atoms with Crippen molar-refractivity contribution in [2.45, 2.75) is 65.9 Å². The van der Waals surface area contributed by atoms with Crippen LogP contribution in [0.1, 0.15) is 65.4 Å². The smallest absolute Gasteiger partial charge is 0.136 e. The van der Waals surface area contributed by atoms with Crippen LogP contribution in [-0.2, 0) is 4.79 Å². The minimum Gasteiger partial charge on any atom is -0.508 e. The molecule has 1 aromatic rings. The molecule has 5 nitrogen and oxygen atoms in total. The highest BCUT2D eigenvalue weighted by Gasteiger charge is 2.32. The molecule has 0 saturated carbocycles. The number of carbonyl (C=O) groups is 1. The predicted octanol–water partition coefficient (Wildman–Crippen LogP) is 5.07. The highest BCUT2D eigenvalue weighted by Crippen LogP contribution is 2.46. The minimum atomic E-state index is -0.135. The molecule has 1 heterocycles. The second kappa shape index (κ2) is 13.4. The summed E-state index contributed by atoms with van der Waals surface area (Å²) in [7, 11) is 0. The SMILES string of the molecule is CCCNCCC1CC(C(/C=C\C(C)C(C)=O)=C/CN(CC)CC)c2c(O)cccc2O1. The van der Waals surface area contributed by atoms with Gasteiger partial charge in [0.1, 0.15) is 23.4 Å². The molecule has 0 aliphatic carbocycles. The number of benzene rings is 1. The average molecular weight is 443 g/mol. The summed E-state index contributed by atoms with van der Waals surface area (Å²) in [6, 6.07) is 5.54. The number of aromatic hydroxyl groups is 1. The number of phenolic OH excluding ortho intramolecular Hbond substituents is 1. The quantitative estimate of drug-likeness (QED) is 0.330. The van der Waals surface area contributed by atoms with E-state index in [-0.39, 0.29) is 29.5 Å². The molecule has 0 spiro atoms. The molecule has 0 saturated heterocycles. The first kappa shape index (κ1) is 26.1. The number of ether oxygens (including phenoxy) is 1. The summed E-state index contributed by atoms with van der Waals surface area (Å²) in [6.45, 7) is 14.8. The Morgan fingerprint density at radius 3 is 2.69 bits per heavy atom. The van der Waals surface area contributed by atoms with Crippen molar-refractivity contribution in [1.82, 2.24) is 10.2 Å². The Morgan fingerprint density at radius 2 is 2.03 bits per heavy atom. The second-order valence-electron chi connectivity index (χ2n) is 8.70. The molecule has 1 aliphatic rings. The van der Waals surface area contributed by atoms with E-state index < -0.39 is 0 Å². The normalized spacial score (nSPS) is 19.8. The number of ketones is 1. The Bertz CT molecular complexity index is 783. The molecule has 0 aromatic heterocycles. The summed E-state index contributed by atoms with van der Waals surface area (Å²) in [5.74, 6) is 1.09. The van der Waals surface area contributed by atoms with E-state index in [1.54, 1.807) is 13.0 Å². The van der Waals surface area contributed by atoms with Crippen molar-refractivity contribution in [3.8, 4) is 11.5 Å². The fourth-order valence-corrected chi connectivity index (χ4v) is 4.07. The van der Waals surface area contributed by atoms with Gasteiger partial charge in [-0.05, 0) is 70.1 Å². The van der Waals surface area contributed by atoms with E-state index >= 15 is 0 Å². The Kier molecular flexibility index (Phi) is 11.0. The van der Waals surface area contributed by atoms with Gasteiger partial charge in [0, 0.05) is 23.9 Å². The van der Waals surface area contributed by atoms with Crippen LogP contribution in [0.25, 0.3) is 0 Å². The van der Waals surface area contributed by atoms with Crippen LogP contribution in [-0.4, -0.2) is 54.6 Å². The van der Waals surface area contributed by atoms with Gasteiger partial charge in [0.2, 0.25) is 0 Å². The topological polar surface area (TPSA) is 61.8 Å². The van der Waals surface area contributed by atoms with Crippen molar-refractivity contribution in [1.29, 1.82) is 0 Å². The van der Waals surface area contributed by atoms with Crippen molar-refractivity contribution < 1.29 is 14.6 Å². The number of phenols is 1. The van der Waals surface area contributed by atoms with E-state index in [9.17, 15) is 9.90 Å². The van der Waals surface area contributed by atoms with Crippen LogP contribution < -0.4 is 10.1 Å². The Morgan fingerprint density at radius 1 is 1.28 bits per heavy atom. The van der Waals surface area contributed by atoms with Gasteiger partial charge in [0.15, 0.2) is 0 Å². The molecule has 0 bridgehead atoms. The molecule has 1 aliphatic heterocycles. The lowest BCUT2D eigenvalue weighted by Crippen LogP contribution is -2.30. The van der Waals surface area contributed by atoms with Crippen molar-refractivity contribution in [3.05, 3.63) is 47.6 Å². The monoisotopic (exact) mass is 442 g/mol. The van der Waals surface area contributed by atoms with E-state index in [4.69, 9.17) is 4.74 Å². The molecule has 32 heavy (non-hydrogen) atoms. The van der Waals surface area contributed by atoms with Gasteiger partial charge >= 0.3 is 0 Å². The number of hydrogen-bond acceptors (Lipinski definition) is 5. The lowest BCUT2D eigenvalue weighted by atomic mass is 9.81. The van der Waals surface area contributed by atoms with Gasteiger partial charge < -0.3 is 20.1 Å². The molecule has 1 aromatic carbocycles. The first-order valence-corrected chi connectivity index (χ1v) is 12.2. The maximum Gasteiger partial charge on any atom is 0.136 e. The Hall–Kier alpha value is -2.11. The largest absolute Gasteiger partial charge is 0.508 e. The van der Waals surface area contributed by atoms with Gasteiger partial charge in [0.25, 0.3) is 0 Å². The molecular formula is C27H42N2O3. The summed E-state index contributed by atoms with van der Waals surface area (Å²) in [5, 5.41) is 14.2. The minimum absolute atomic E-state index is 0.0297. The van der Waals surface area contributed by atoms with Crippen LogP contribution >= 0.6 is 0 Å². The van der Waals surface area contributed by atoms with Gasteiger partial charge in [-0.2, -0.15) is 0 Å². The number of Topliss-reactive ketones (excluding diaryl/α,β-unsaturated/α-hetero) is 1. The zero-order chi connectivity index (χ0) is 23.5. The first-order valence-electron chi connectivity index (χ1n) is 12.2. The molecule has 5 heteroatoms. The molecule has 3 unspecified atom stereocenters. The first-order chi connectivity index (χ1) is 15.4. The molecule has 2 rings (SSSR count). The van der Waals surface area contributed by atoms with Crippen LogP contribution in [0.15, 0.2) is 42.0 Å². The van der Waals surface area contributed by atoms with Crippen LogP contribution in [0, 0.1) is 5.92 Å². The third-order valence-corrected chi connectivity index (χ3v) is 6.35. The number of nitrogens with zero attached hydrogens (tertiary/aromatic N) is 1. The predicted molar refractivity (Wildman–Crippen MR) is 133 cm³/mol. The van der Waals surface area contributed by atoms with E-state index in [1.807, 2.05) is 25.1 Å². The molecule has 0 radical (unpaired) electrons. The highest BCUT2D eigenvalue weighted by atomic mass is 16.5. The van der Waals surface area contributed by atoms with E-state index in [2.05, 4.69) is 43.1 Å². The lowest BCUT2D eigenvalue weighted by molar-refractivity contribution is -0.118. The van der Waals surface area contributed by atoms with Crippen LogP contribution in [0.5, 0.6) is 11.5 Å². The van der Waals surface area contributed by atoms with E-state index in [0.717, 1.165) is 68.9 Å². The molecule has 3 atom stereocenters. The number of carbonyl (C=O) groups excluding carboxylic acids is 1. The maximum absolute atomic E-state index is 11.8. The standard InChI is InChI=1S/C27H42N2O3/c1-6-16-28-17-14-23-19-24(27-25(31)10-9-11-26(27)32-23)22(13-12-20(4)21(5)30)15-18-29(7-2)8-3/h9-13,15,20,23-24,28,31H,6-8,14,16-19H2,1-5H3/b13-12-,22-15+. The zero-order valence-electron chi connectivity index (χ0n) is 20.6. The van der Waals surface area contributed by atoms with Gasteiger partial charge in [-0.1, -0.05) is 52.0 Å². The van der Waals surface area contributed by atoms with Crippen LogP contribution in [0.3, 0.4) is 0 Å². The van der Waals surface area contributed by atoms with Crippen LogP contribution in [0.4, 0.5) is 0 Å². The van der Waals surface area contributed by atoms with Crippen LogP contribution in [0.2, 0.25) is 0 Å². The number of fused-ring (bicyclic) bond motifs is 1. The average Bonchev–Trinajstić information content (AvgIpc) is 2.78. The lowest BCUT2D eigenvalue weighted by Gasteiger charge is -2.34. The summed E-state index contributed by atoms with van der Waals surface area (Å²) < 4.78 is 6.29. The highest BCUT2D eigenvalue weighted by molar-refractivity contribution is 5.79. The third-order valence-electron chi connectivity index (χ3n) is 6.35. The summed E-state index contributed by atoms with van der Waals surface area (Å²) in [5.41, 5.74) is 2.00. The second-order valence-corrected chi connectivity index (χ2v) is 8.70. The van der Waals surface area contributed by atoms with E-state index in [1.165, 1.54) is 0 Å². The maximum atomic E-state index is 11.8. The summed E-state index contributed by atoms with van der Waals surface area (Å²) in [6.07, 6.45) is 9.26. The fourth-order valence-electron chi connectivity index (χ4n) is 4.07. The van der Waals surface area contributed by atoms with Gasteiger partial charge in [-0.25, -0.2) is 0 Å². The molecular weight excluding hydrogens is 400 g/mol. The number of rotatable bonds is 13. The molecule has 0 fully saturated rings. The van der Waals surface area contributed by atoms with Crippen molar-refractivity contribution >= 4 is 5.78 Å². The fraction of sp³-hybridized carbons (Fsp3) is 0.593. The van der Waals surface area contributed by atoms with Crippen molar-refractivity contribution in [3.63, 3.8) is 0 Å². The van der Waals surface area contributed by atoms with Gasteiger partial charge in [-0.3, -0.25) is 4.79 Å². The number of hydrogen-bond donors (Lipinski definition) is 2.